The van der Waals surface area contributed by atoms with Crippen LogP contribution in [-0.4, -0.2) is 16.8 Å². The van der Waals surface area contributed by atoms with Crippen LogP contribution >= 0.6 is 0 Å². The highest BCUT2D eigenvalue weighted by Gasteiger charge is 2.29. The van der Waals surface area contributed by atoms with Gasteiger partial charge in [0.05, 0.1) is 0 Å². The zero-order chi connectivity index (χ0) is 12.5. The van der Waals surface area contributed by atoms with Crippen molar-refractivity contribution >= 4 is 12.0 Å². The molecular weight excluding hydrogens is 212 g/mol. The third-order valence-electron chi connectivity index (χ3n) is 3.57. The summed E-state index contributed by atoms with van der Waals surface area (Å²) >= 11 is 0. The van der Waals surface area contributed by atoms with Crippen molar-refractivity contribution in [2.75, 3.05) is 0 Å². The predicted molar refractivity (Wildman–Crippen MR) is 66.4 cm³/mol. The number of hydrogen-bond acceptors (Lipinski definition) is 1. The van der Waals surface area contributed by atoms with E-state index in [9.17, 15) is 4.79 Å². The van der Waals surface area contributed by atoms with E-state index in [1.807, 2.05) is 12.1 Å². The van der Waals surface area contributed by atoms with Crippen molar-refractivity contribution in [1.29, 1.82) is 0 Å². The summed E-state index contributed by atoms with van der Waals surface area (Å²) in [5, 5.41) is 0. The summed E-state index contributed by atoms with van der Waals surface area (Å²) in [5.41, 5.74) is 11.6. The fourth-order valence-electron chi connectivity index (χ4n) is 2.68. The highest BCUT2D eigenvalue weighted by atomic mass is 16.1. The van der Waals surface area contributed by atoms with Crippen LogP contribution in [0.25, 0.3) is 5.53 Å². The SMILES string of the molecule is CC1(C)CCCc2c(C(=O)C=[N+]=[N-])cccc21. The van der Waals surface area contributed by atoms with Crippen LogP contribution < -0.4 is 0 Å². The maximum Gasteiger partial charge on any atom is 0.328 e. The van der Waals surface area contributed by atoms with E-state index in [1.165, 1.54) is 5.56 Å². The molecule has 0 aliphatic heterocycles. The fraction of sp³-hybridized carbons (Fsp3) is 0.429. The molecule has 88 valence electrons. The number of carbonyl (C=O) groups is 1. The Morgan fingerprint density at radius 1 is 1.47 bits per heavy atom. The van der Waals surface area contributed by atoms with Gasteiger partial charge in [-0.25, -0.2) is 0 Å². The average Bonchev–Trinajstić information content (AvgIpc) is 2.28. The van der Waals surface area contributed by atoms with Crippen LogP contribution in [0.2, 0.25) is 0 Å². The molecule has 0 atom stereocenters. The molecule has 3 heteroatoms. The second-order valence-corrected chi connectivity index (χ2v) is 5.18. The van der Waals surface area contributed by atoms with Gasteiger partial charge in [-0.05, 0) is 35.8 Å². The highest BCUT2D eigenvalue weighted by Crippen LogP contribution is 2.37. The largest absolute Gasteiger partial charge is 0.361 e. The van der Waals surface area contributed by atoms with Crippen molar-refractivity contribution in [2.24, 2.45) is 0 Å². The van der Waals surface area contributed by atoms with Crippen LogP contribution in [0.15, 0.2) is 18.2 Å². The van der Waals surface area contributed by atoms with Gasteiger partial charge in [-0.2, -0.15) is 4.79 Å². The van der Waals surface area contributed by atoms with Crippen LogP contribution in [-0.2, 0) is 11.8 Å². The lowest BCUT2D eigenvalue weighted by molar-refractivity contribution is 0.00233. The molecule has 0 N–H and O–H groups in total. The topological polar surface area (TPSA) is 53.5 Å². The van der Waals surface area contributed by atoms with Crippen molar-refractivity contribution in [3.8, 4) is 0 Å². The van der Waals surface area contributed by atoms with Crippen molar-refractivity contribution in [3.63, 3.8) is 0 Å². The van der Waals surface area contributed by atoms with Gasteiger partial charge in [-0.1, -0.05) is 32.0 Å². The number of carbonyl (C=O) groups excluding carboxylic acids is 1. The van der Waals surface area contributed by atoms with Gasteiger partial charge < -0.3 is 5.53 Å². The van der Waals surface area contributed by atoms with Gasteiger partial charge in [0.15, 0.2) is 0 Å². The Bertz CT molecular complexity index is 511. The molecule has 3 nitrogen and oxygen atoms in total. The summed E-state index contributed by atoms with van der Waals surface area (Å²) in [6, 6.07) is 5.82. The lowest BCUT2D eigenvalue weighted by atomic mass is 9.71. The normalized spacial score (nSPS) is 16.8. The minimum absolute atomic E-state index is 0.125. The third kappa shape index (κ3) is 2.06. The van der Waals surface area contributed by atoms with Crippen LogP contribution in [0.3, 0.4) is 0 Å². The molecule has 17 heavy (non-hydrogen) atoms. The molecule has 2 rings (SSSR count). The lowest BCUT2D eigenvalue weighted by Crippen LogP contribution is -2.25. The number of nitrogens with zero attached hydrogens (tertiary/aromatic N) is 2. The molecular formula is C14H16N2O. The second-order valence-electron chi connectivity index (χ2n) is 5.18. The lowest BCUT2D eigenvalue weighted by Gasteiger charge is -2.33. The van der Waals surface area contributed by atoms with Crippen LogP contribution in [0.5, 0.6) is 0 Å². The molecule has 0 heterocycles. The van der Waals surface area contributed by atoms with Crippen molar-refractivity contribution in [3.05, 3.63) is 40.4 Å². The smallest absolute Gasteiger partial charge is 0.328 e. The summed E-state index contributed by atoms with van der Waals surface area (Å²) in [6.45, 7) is 4.42. The van der Waals surface area contributed by atoms with Crippen molar-refractivity contribution in [1.82, 2.24) is 0 Å². The van der Waals surface area contributed by atoms with Crippen molar-refractivity contribution in [2.45, 2.75) is 38.5 Å². The van der Waals surface area contributed by atoms with E-state index >= 15 is 0 Å². The van der Waals surface area contributed by atoms with E-state index in [4.69, 9.17) is 5.53 Å². The van der Waals surface area contributed by atoms with Gasteiger partial charge in [0, 0.05) is 5.56 Å². The quantitative estimate of drug-likeness (QED) is 0.332. The van der Waals surface area contributed by atoms with E-state index in [1.54, 1.807) is 0 Å². The number of ketones is 1. The molecule has 1 aromatic carbocycles. The molecule has 0 spiro atoms. The van der Waals surface area contributed by atoms with E-state index in [0.29, 0.717) is 5.56 Å². The summed E-state index contributed by atoms with van der Waals surface area (Å²) < 4.78 is 0. The van der Waals surface area contributed by atoms with Crippen LogP contribution in [0.1, 0.15) is 48.2 Å². The number of rotatable bonds is 2. The first kappa shape index (κ1) is 11.7. The first-order valence-corrected chi connectivity index (χ1v) is 5.90. The number of hydrogen-bond donors (Lipinski definition) is 0. The third-order valence-corrected chi connectivity index (χ3v) is 3.57. The Morgan fingerprint density at radius 3 is 2.94 bits per heavy atom. The molecule has 0 saturated heterocycles. The zero-order valence-electron chi connectivity index (χ0n) is 10.2. The number of fused-ring (bicyclic) bond motifs is 1. The van der Waals surface area contributed by atoms with E-state index in [2.05, 4.69) is 24.7 Å². The second kappa shape index (κ2) is 4.27. The number of Topliss-reactive ketones (excluding diaryl/α,β-unsaturated/α-hetero) is 1. The first-order valence-electron chi connectivity index (χ1n) is 5.90. The van der Waals surface area contributed by atoms with Gasteiger partial charge in [-0.3, -0.25) is 4.79 Å². The van der Waals surface area contributed by atoms with Gasteiger partial charge in [0.25, 0.3) is 5.78 Å². The van der Waals surface area contributed by atoms with Crippen LogP contribution in [0.4, 0.5) is 0 Å². The van der Waals surface area contributed by atoms with Crippen LogP contribution in [0, 0.1) is 0 Å². The summed E-state index contributed by atoms with van der Waals surface area (Å²) in [7, 11) is 0. The summed E-state index contributed by atoms with van der Waals surface area (Å²) in [6.07, 6.45) is 4.14. The van der Waals surface area contributed by atoms with Crippen molar-refractivity contribution < 1.29 is 9.58 Å². The molecule has 0 aromatic heterocycles. The summed E-state index contributed by atoms with van der Waals surface area (Å²) in [4.78, 5) is 14.6. The zero-order valence-corrected chi connectivity index (χ0v) is 10.2. The standard InChI is InChI=1S/C14H16N2O/c1-14(2)8-4-6-10-11(13(17)9-16-15)5-3-7-12(10)14/h3,5,7,9H,4,6,8H2,1-2H3. The highest BCUT2D eigenvalue weighted by molar-refractivity contribution is 6.34. The Labute approximate surface area is 101 Å². The maximum atomic E-state index is 11.8. The Kier molecular flexibility index (Phi) is 2.95. The fourth-order valence-corrected chi connectivity index (χ4v) is 2.68. The van der Waals surface area contributed by atoms with E-state index in [0.717, 1.165) is 31.0 Å². The van der Waals surface area contributed by atoms with Gasteiger partial charge in [-0.15, -0.1) is 0 Å². The molecule has 0 amide bonds. The van der Waals surface area contributed by atoms with Gasteiger partial charge in [0.2, 0.25) is 0 Å². The average molecular weight is 228 g/mol. The number of benzene rings is 1. The maximum absolute atomic E-state index is 11.8. The molecule has 0 bridgehead atoms. The monoisotopic (exact) mass is 228 g/mol. The Morgan fingerprint density at radius 2 is 2.24 bits per heavy atom. The molecule has 1 aromatic rings. The minimum Gasteiger partial charge on any atom is -0.361 e. The van der Waals surface area contributed by atoms with Gasteiger partial charge in [0.1, 0.15) is 0 Å². The Balaban J connectivity index is 2.57. The predicted octanol–water partition coefficient (Wildman–Crippen LogP) is 2.78. The Hall–Kier alpha value is -1.73. The van der Waals surface area contributed by atoms with E-state index < -0.39 is 0 Å². The summed E-state index contributed by atoms with van der Waals surface area (Å²) in [5.74, 6) is -0.220. The molecule has 0 fully saturated rings. The molecule has 0 radical (unpaired) electrons. The minimum atomic E-state index is -0.220. The van der Waals surface area contributed by atoms with Gasteiger partial charge >= 0.3 is 6.21 Å². The molecule has 0 unspecified atom stereocenters. The molecule has 1 aliphatic rings. The first-order chi connectivity index (χ1) is 8.06. The molecule has 0 saturated carbocycles. The molecule has 1 aliphatic carbocycles. The van der Waals surface area contributed by atoms with E-state index in [-0.39, 0.29) is 11.2 Å².